The third-order valence-corrected chi connectivity index (χ3v) is 6.95. The Balaban J connectivity index is 1.42. The van der Waals surface area contributed by atoms with Crippen molar-refractivity contribution in [2.75, 3.05) is 31.1 Å². The second kappa shape index (κ2) is 9.71. The molecule has 1 aliphatic heterocycles. The van der Waals surface area contributed by atoms with Crippen molar-refractivity contribution in [2.45, 2.75) is 19.5 Å². The summed E-state index contributed by atoms with van der Waals surface area (Å²) < 4.78 is 3.36. The van der Waals surface area contributed by atoms with E-state index in [0.29, 0.717) is 53.9 Å². The molecule has 4 heterocycles. The zero-order valence-corrected chi connectivity index (χ0v) is 20.8. The van der Waals surface area contributed by atoms with Crippen molar-refractivity contribution in [3.8, 4) is 11.3 Å². The monoisotopic (exact) mass is 507 g/mol. The fourth-order valence-electron chi connectivity index (χ4n) is 4.59. The second-order valence-corrected chi connectivity index (χ2v) is 9.26. The minimum absolute atomic E-state index is 0.0568. The number of halogens is 1. The van der Waals surface area contributed by atoms with Gasteiger partial charge in [-0.1, -0.05) is 29.8 Å². The molecule has 11 heteroatoms. The average Bonchev–Trinajstić information content (AvgIpc) is 3.13. The molecule has 10 nitrogen and oxygen atoms in total. The minimum Gasteiger partial charge on any atom is -0.387 e. The topological polar surface area (TPSA) is 109 Å². The number of anilines is 1. The van der Waals surface area contributed by atoms with Crippen molar-refractivity contribution in [3.05, 3.63) is 69.7 Å². The van der Waals surface area contributed by atoms with Gasteiger partial charge in [-0.25, -0.2) is 15.0 Å². The predicted octanol–water partition coefficient (Wildman–Crippen LogP) is 1.92. The van der Waals surface area contributed by atoms with E-state index in [4.69, 9.17) is 21.7 Å². The van der Waals surface area contributed by atoms with Gasteiger partial charge in [0.05, 0.1) is 17.6 Å². The van der Waals surface area contributed by atoms with Crippen molar-refractivity contribution in [1.29, 1.82) is 0 Å². The highest BCUT2D eigenvalue weighted by atomic mass is 35.5. The van der Waals surface area contributed by atoms with Crippen LogP contribution in [-0.2, 0) is 18.4 Å². The van der Waals surface area contributed by atoms with Gasteiger partial charge in [0, 0.05) is 55.7 Å². The average molecular weight is 508 g/mol. The van der Waals surface area contributed by atoms with Gasteiger partial charge in [0.25, 0.3) is 5.56 Å². The van der Waals surface area contributed by atoms with Crippen LogP contribution in [0.5, 0.6) is 0 Å². The molecule has 0 bridgehead atoms. The van der Waals surface area contributed by atoms with E-state index in [1.54, 1.807) is 41.2 Å². The largest absolute Gasteiger partial charge is 0.387 e. The van der Waals surface area contributed by atoms with Crippen LogP contribution in [0.4, 0.5) is 5.95 Å². The number of nitrogens with zero attached hydrogens (tertiary/aromatic N) is 7. The molecule has 3 aromatic heterocycles. The fourth-order valence-corrected chi connectivity index (χ4v) is 4.78. The normalized spacial score (nSPS) is 16.1. The number of carbonyl (C=O) groups excluding carboxylic acids is 1. The first-order valence-electron chi connectivity index (χ1n) is 11.6. The standard InChI is InChI=1S/C25H26ClN7O3/c1-16-13-31(9-10-32(16)22(35)15-34)25-27-11-18(12-28-25)21-8-7-19-23(29-21)33(30(2)24(19)36)14-17-5-3-4-6-20(17)26/h3-8,11-12,16,34H,9-10,13-15H2,1-2H3/t16-/m1/s1. The van der Waals surface area contributed by atoms with E-state index >= 15 is 0 Å². The Morgan fingerprint density at radius 2 is 1.89 bits per heavy atom. The van der Waals surface area contributed by atoms with Crippen molar-refractivity contribution in [1.82, 2.24) is 29.2 Å². The van der Waals surface area contributed by atoms with Crippen molar-refractivity contribution < 1.29 is 9.90 Å². The summed E-state index contributed by atoms with van der Waals surface area (Å²) in [5.74, 6) is 0.298. The number of aliphatic hydroxyl groups excluding tert-OH is 1. The van der Waals surface area contributed by atoms with Crippen LogP contribution in [0.3, 0.4) is 0 Å². The molecule has 0 unspecified atom stereocenters. The van der Waals surface area contributed by atoms with Crippen LogP contribution in [-0.4, -0.2) is 72.5 Å². The Morgan fingerprint density at radius 1 is 1.14 bits per heavy atom. The number of amides is 1. The van der Waals surface area contributed by atoms with Crippen LogP contribution in [0.25, 0.3) is 22.3 Å². The number of aliphatic hydroxyl groups is 1. The zero-order valence-electron chi connectivity index (χ0n) is 20.0. The van der Waals surface area contributed by atoms with Crippen molar-refractivity contribution >= 4 is 34.5 Å². The molecule has 1 N–H and O–H groups in total. The molecule has 1 saturated heterocycles. The lowest BCUT2D eigenvalue weighted by molar-refractivity contribution is -0.136. The molecular formula is C25H26ClN7O3. The number of piperazine rings is 1. The molecule has 1 fully saturated rings. The summed E-state index contributed by atoms with van der Waals surface area (Å²) in [5, 5.41) is 10.3. The summed E-state index contributed by atoms with van der Waals surface area (Å²) in [7, 11) is 1.72. The molecular weight excluding hydrogens is 482 g/mol. The van der Waals surface area contributed by atoms with Gasteiger partial charge < -0.3 is 14.9 Å². The fraction of sp³-hybridized carbons (Fsp3) is 0.320. The number of carbonyl (C=O) groups is 1. The summed E-state index contributed by atoms with van der Waals surface area (Å²) in [4.78, 5) is 42.2. The molecule has 1 atom stereocenters. The first-order chi connectivity index (χ1) is 17.4. The third kappa shape index (κ3) is 4.33. The van der Waals surface area contributed by atoms with Gasteiger partial charge in [0.2, 0.25) is 11.9 Å². The number of hydrogen-bond acceptors (Lipinski definition) is 7. The summed E-state index contributed by atoms with van der Waals surface area (Å²) in [6.45, 7) is 3.52. The number of rotatable bonds is 5. The summed E-state index contributed by atoms with van der Waals surface area (Å²) >= 11 is 6.36. The number of fused-ring (bicyclic) bond motifs is 1. The molecule has 0 radical (unpaired) electrons. The second-order valence-electron chi connectivity index (χ2n) is 8.86. The maximum atomic E-state index is 12.8. The van der Waals surface area contributed by atoms with E-state index in [1.807, 2.05) is 40.8 Å². The Labute approximate surface area is 212 Å². The lowest BCUT2D eigenvalue weighted by Crippen LogP contribution is -2.55. The lowest BCUT2D eigenvalue weighted by atomic mass is 10.2. The summed E-state index contributed by atoms with van der Waals surface area (Å²) in [5.41, 5.74) is 2.70. The van der Waals surface area contributed by atoms with Gasteiger partial charge in [-0.05, 0) is 30.7 Å². The molecule has 1 amide bonds. The number of aromatic nitrogens is 5. The summed E-state index contributed by atoms with van der Waals surface area (Å²) in [6, 6.07) is 11.0. The van der Waals surface area contributed by atoms with Gasteiger partial charge in [0.1, 0.15) is 6.61 Å². The van der Waals surface area contributed by atoms with Crippen LogP contribution >= 0.6 is 11.6 Å². The smallest absolute Gasteiger partial charge is 0.275 e. The van der Waals surface area contributed by atoms with E-state index in [0.717, 1.165) is 11.1 Å². The Hall–Kier alpha value is -3.76. The Bertz CT molecular complexity index is 1480. The highest BCUT2D eigenvalue weighted by molar-refractivity contribution is 6.31. The van der Waals surface area contributed by atoms with Crippen LogP contribution < -0.4 is 10.5 Å². The SMILES string of the molecule is C[C@@H]1CN(c2ncc(-c3ccc4c(=O)n(C)n(Cc5ccccc5Cl)c4n3)cn2)CCN1C(=O)CO. The Morgan fingerprint density at radius 3 is 2.58 bits per heavy atom. The molecule has 5 rings (SSSR count). The van der Waals surface area contributed by atoms with E-state index in [2.05, 4.69) is 9.97 Å². The van der Waals surface area contributed by atoms with Gasteiger partial charge in [-0.15, -0.1) is 0 Å². The lowest BCUT2D eigenvalue weighted by Gasteiger charge is -2.39. The van der Waals surface area contributed by atoms with Gasteiger partial charge >= 0.3 is 0 Å². The highest BCUT2D eigenvalue weighted by Gasteiger charge is 2.28. The number of hydrogen-bond donors (Lipinski definition) is 1. The first kappa shape index (κ1) is 24.0. The first-order valence-corrected chi connectivity index (χ1v) is 12.0. The zero-order chi connectivity index (χ0) is 25.4. The maximum absolute atomic E-state index is 12.8. The van der Waals surface area contributed by atoms with E-state index in [-0.39, 0.29) is 17.5 Å². The van der Waals surface area contributed by atoms with E-state index in [9.17, 15) is 9.59 Å². The maximum Gasteiger partial charge on any atom is 0.275 e. The highest BCUT2D eigenvalue weighted by Crippen LogP contribution is 2.23. The van der Waals surface area contributed by atoms with Gasteiger partial charge in [-0.3, -0.25) is 19.0 Å². The third-order valence-electron chi connectivity index (χ3n) is 6.58. The van der Waals surface area contributed by atoms with Crippen LogP contribution in [0.2, 0.25) is 5.02 Å². The minimum atomic E-state index is -0.486. The van der Waals surface area contributed by atoms with Crippen LogP contribution in [0, 0.1) is 0 Å². The molecule has 4 aromatic rings. The van der Waals surface area contributed by atoms with E-state index < -0.39 is 6.61 Å². The quantitative estimate of drug-likeness (QED) is 0.439. The Kier molecular flexibility index (Phi) is 6.46. The molecule has 36 heavy (non-hydrogen) atoms. The van der Waals surface area contributed by atoms with Crippen molar-refractivity contribution in [3.63, 3.8) is 0 Å². The number of pyridine rings is 1. The van der Waals surface area contributed by atoms with Crippen molar-refractivity contribution in [2.24, 2.45) is 7.05 Å². The van der Waals surface area contributed by atoms with E-state index in [1.165, 1.54) is 0 Å². The molecule has 0 saturated carbocycles. The molecule has 186 valence electrons. The van der Waals surface area contributed by atoms with Crippen LogP contribution in [0.15, 0.2) is 53.6 Å². The summed E-state index contributed by atoms with van der Waals surface area (Å²) in [6.07, 6.45) is 3.43. The molecule has 1 aliphatic rings. The van der Waals surface area contributed by atoms with Crippen LogP contribution in [0.1, 0.15) is 12.5 Å². The van der Waals surface area contributed by atoms with Gasteiger partial charge in [-0.2, -0.15) is 0 Å². The molecule has 1 aromatic carbocycles. The predicted molar refractivity (Wildman–Crippen MR) is 137 cm³/mol. The number of benzene rings is 1. The molecule has 0 aliphatic carbocycles. The molecule has 0 spiro atoms. The van der Waals surface area contributed by atoms with Gasteiger partial charge in [0.15, 0.2) is 5.65 Å².